The number of aliphatic imine (C=N–C) groups is 1. The van der Waals surface area contributed by atoms with Crippen molar-refractivity contribution >= 4 is 41.8 Å². The van der Waals surface area contributed by atoms with Crippen molar-refractivity contribution in [2.24, 2.45) is 16.3 Å². The molecule has 2 amide bonds. The molecule has 0 aromatic carbocycles. The number of rotatable bonds is 7. The van der Waals surface area contributed by atoms with Crippen LogP contribution in [0.2, 0.25) is 0 Å². The van der Waals surface area contributed by atoms with Crippen LogP contribution in [0.4, 0.5) is 0 Å². The van der Waals surface area contributed by atoms with Crippen LogP contribution < -0.4 is 10.6 Å². The van der Waals surface area contributed by atoms with E-state index in [4.69, 9.17) is 4.99 Å². The molecule has 29 heavy (non-hydrogen) atoms. The molecule has 1 atom stereocenters. The van der Waals surface area contributed by atoms with Gasteiger partial charge in [0.25, 0.3) is 0 Å². The highest BCUT2D eigenvalue weighted by Gasteiger charge is 2.42. The summed E-state index contributed by atoms with van der Waals surface area (Å²) in [5, 5.41) is 6.52. The van der Waals surface area contributed by atoms with Crippen LogP contribution in [0.15, 0.2) is 4.99 Å². The maximum Gasteiger partial charge on any atom is 0.230 e. The predicted molar refractivity (Wildman–Crippen MR) is 129 cm³/mol. The van der Waals surface area contributed by atoms with Crippen LogP contribution in [0.5, 0.6) is 0 Å². The van der Waals surface area contributed by atoms with Crippen LogP contribution in [0.1, 0.15) is 58.8 Å². The van der Waals surface area contributed by atoms with Gasteiger partial charge in [0.15, 0.2) is 5.96 Å². The average molecular weight is 521 g/mol. The summed E-state index contributed by atoms with van der Waals surface area (Å²) < 4.78 is 0. The first-order chi connectivity index (χ1) is 13.4. The van der Waals surface area contributed by atoms with Gasteiger partial charge in [0.1, 0.15) is 0 Å². The zero-order chi connectivity index (χ0) is 20.6. The lowest BCUT2D eigenvalue weighted by Gasteiger charge is -2.31. The smallest absolute Gasteiger partial charge is 0.230 e. The zero-order valence-corrected chi connectivity index (χ0v) is 21.0. The molecule has 1 saturated heterocycles. The standard InChI is InChI=1S/C21H39N5O2.HI/c1-5-22-20(23-13-10-18(27)26-14-8-9-17(2)15-26)24-16-21(11-6-7-12-21)19(28)25(3)4;/h17H,5-16H2,1-4H3,(H2,22,23,24);1H. The summed E-state index contributed by atoms with van der Waals surface area (Å²) in [6.45, 7) is 7.79. The van der Waals surface area contributed by atoms with Gasteiger partial charge in [0.2, 0.25) is 11.8 Å². The SMILES string of the molecule is CCNC(=NCC1(C(=O)N(C)C)CCCC1)NCCC(=O)N1CCCC(C)C1.I. The maximum atomic E-state index is 12.7. The number of halogens is 1. The molecule has 1 unspecified atom stereocenters. The van der Waals surface area contributed by atoms with Crippen LogP contribution in [0.3, 0.4) is 0 Å². The van der Waals surface area contributed by atoms with Gasteiger partial charge in [-0.1, -0.05) is 19.8 Å². The quantitative estimate of drug-likeness (QED) is 0.307. The first-order valence-electron chi connectivity index (χ1n) is 10.9. The van der Waals surface area contributed by atoms with Gasteiger partial charge in [-0.05, 0) is 38.5 Å². The number of amides is 2. The number of guanidine groups is 1. The average Bonchev–Trinajstić information content (AvgIpc) is 3.15. The van der Waals surface area contributed by atoms with Crippen molar-refractivity contribution < 1.29 is 9.59 Å². The Hall–Kier alpha value is -1.06. The van der Waals surface area contributed by atoms with Gasteiger partial charge in [0, 0.05) is 46.7 Å². The van der Waals surface area contributed by atoms with E-state index in [1.54, 1.807) is 4.90 Å². The molecule has 1 heterocycles. The lowest BCUT2D eigenvalue weighted by molar-refractivity contribution is -0.138. The van der Waals surface area contributed by atoms with Crippen LogP contribution in [-0.4, -0.2) is 74.4 Å². The molecule has 2 fully saturated rings. The molecule has 1 aliphatic heterocycles. The second kappa shape index (κ2) is 12.6. The third-order valence-corrected chi connectivity index (χ3v) is 5.95. The molecule has 7 nitrogen and oxygen atoms in total. The molecular weight excluding hydrogens is 481 g/mol. The van der Waals surface area contributed by atoms with Gasteiger partial charge >= 0.3 is 0 Å². The minimum absolute atomic E-state index is 0. The van der Waals surface area contributed by atoms with E-state index in [1.165, 1.54) is 6.42 Å². The van der Waals surface area contributed by atoms with Crippen LogP contribution >= 0.6 is 24.0 Å². The Labute approximate surface area is 193 Å². The van der Waals surface area contributed by atoms with Gasteiger partial charge in [0.05, 0.1) is 12.0 Å². The molecule has 1 aliphatic carbocycles. The summed E-state index contributed by atoms with van der Waals surface area (Å²) in [7, 11) is 3.64. The Kier molecular flexibility index (Phi) is 11.3. The fourth-order valence-electron chi connectivity index (χ4n) is 4.40. The summed E-state index contributed by atoms with van der Waals surface area (Å²) in [4.78, 5) is 33.5. The van der Waals surface area contributed by atoms with Gasteiger partial charge in [-0.2, -0.15) is 0 Å². The molecule has 168 valence electrons. The largest absolute Gasteiger partial charge is 0.357 e. The summed E-state index contributed by atoms with van der Waals surface area (Å²) in [6.07, 6.45) is 6.76. The first-order valence-corrected chi connectivity index (χ1v) is 10.9. The van der Waals surface area contributed by atoms with E-state index in [9.17, 15) is 9.59 Å². The Bertz CT molecular complexity index is 561. The highest BCUT2D eigenvalue weighted by atomic mass is 127. The molecule has 2 aliphatic rings. The fraction of sp³-hybridized carbons (Fsp3) is 0.857. The van der Waals surface area contributed by atoms with Crippen molar-refractivity contribution in [1.82, 2.24) is 20.4 Å². The Morgan fingerprint density at radius 2 is 1.86 bits per heavy atom. The predicted octanol–water partition coefficient (Wildman–Crippen LogP) is 2.46. The third-order valence-electron chi connectivity index (χ3n) is 5.95. The summed E-state index contributed by atoms with van der Waals surface area (Å²) in [6, 6.07) is 0. The Morgan fingerprint density at radius 1 is 1.17 bits per heavy atom. The van der Waals surface area contributed by atoms with E-state index in [1.807, 2.05) is 25.9 Å². The first kappa shape index (κ1) is 26.0. The van der Waals surface area contributed by atoms with E-state index in [-0.39, 0.29) is 41.2 Å². The second-order valence-electron chi connectivity index (χ2n) is 8.65. The monoisotopic (exact) mass is 521 g/mol. The van der Waals surface area contributed by atoms with E-state index >= 15 is 0 Å². The topological polar surface area (TPSA) is 77.0 Å². The summed E-state index contributed by atoms with van der Waals surface area (Å²) >= 11 is 0. The molecule has 2 rings (SSSR count). The number of likely N-dealkylation sites (tertiary alicyclic amines) is 1. The minimum atomic E-state index is -0.369. The molecule has 2 N–H and O–H groups in total. The second-order valence-corrected chi connectivity index (χ2v) is 8.65. The van der Waals surface area contributed by atoms with E-state index < -0.39 is 0 Å². The van der Waals surface area contributed by atoms with Crippen molar-refractivity contribution in [1.29, 1.82) is 0 Å². The van der Waals surface area contributed by atoms with Crippen molar-refractivity contribution in [2.45, 2.75) is 58.8 Å². The molecule has 0 aromatic heterocycles. The number of carbonyl (C=O) groups excluding carboxylic acids is 2. The minimum Gasteiger partial charge on any atom is -0.357 e. The van der Waals surface area contributed by atoms with E-state index in [0.717, 1.165) is 51.7 Å². The van der Waals surface area contributed by atoms with Gasteiger partial charge in [-0.25, -0.2) is 0 Å². The third kappa shape index (κ3) is 7.61. The van der Waals surface area contributed by atoms with Crippen molar-refractivity contribution in [3.8, 4) is 0 Å². The molecule has 0 radical (unpaired) electrons. The summed E-state index contributed by atoms with van der Waals surface area (Å²) in [5.41, 5.74) is -0.369. The highest BCUT2D eigenvalue weighted by molar-refractivity contribution is 14.0. The van der Waals surface area contributed by atoms with Gasteiger partial charge in [-0.3, -0.25) is 14.6 Å². The number of hydrogen-bond donors (Lipinski definition) is 2. The highest BCUT2D eigenvalue weighted by Crippen LogP contribution is 2.39. The van der Waals surface area contributed by atoms with E-state index in [0.29, 0.717) is 31.4 Å². The van der Waals surface area contributed by atoms with Crippen LogP contribution in [0.25, 0.3) is 0 Å². The Balaban J connectivity index is 0.00000420. The van der Waals surface area contributed by atoms with Crippen LogP contribution in [-0.2, 0) is 9.59 Å². The molecular formula is C21H40IN5O2. The zero-order valence-electron chi connectivity index (χ0n) is 18.6. The normalized spacial score (nSPS) is 21.3. The summed E-state index contributed by atoms with van der Waals surface area (Å²) in [5.74, 6) is 1.69. The Morgan fingerprint density at radius 3 is 2.45 bits per heavy atom. The molecule has 0 spiro atoms. The number of hydrogen-bond acceptors (Lipinski definition) is 3. The van der Waals surface area contributed by atoms with Gasteiger partial charge in [-0.15, -0.1) is 24.0 Å². The molecule has 0 aromatic rings. The van der Waals surface area contributed by atoms with Crippen molar-refractivity contribution in [3.05, 3.63) is 0 Å². The lowest BCUT2D eigenvalue weighted by atomic mass is 9.85. The molecule has 8 heteroatoms. The van der Waals surface area contributed by atoms with Gasteiger partial charge < -0.3 is 20.4 Å². The number of piperidine rings is 1. The number of nitrogens with one attached hydrogen (secondary N) is 2. The van der Waals surface area contributed by atoms with Crippen molar-refractivity contribution in [3.63, 3.8) is 0 Å². The molecule has 0 bridgehead atoms. The van der Waals surface area contributed by atoms with E-state index in [2.05, 4.69) is 17.6 Å². The maximum absolute atomic E-state index is 12.7. The van der Waals surface area contributed by atoms with Crippen molar-refractivity contribution in [2.75, 3.05) is 46.8 Å². The number of carbonyl (C=O) groups is 2. The lowest BCUT2D eigenvalue weighted by Crippen LogP contribution is -2.44. The number of nitrogens with zero attached hydrogens (tertiary/aromatic N) is 3. The van der Waals surface area contributed by atoms with Crippen LogP contribution in [0, 0.1) is 11.3 Å². The fourth-order valence-corrected chi connectivity index (χ4v) is 4.40. The molecule has 1 saturated carbocycles.